The van der Waals surface area contributed by atoms with Gasteiger partial charge in [0.25, 0.3) is 0 Å². The number of nitrogen functional groups attached to an aromatic ring is 1. The van der Waals surface area contributed by atoms with E-state index in [9.17, 15) is 9.90 Å². The number of methoxy groups -OCH3 is 1. The third-order valence-corrected chi connectivity index (χ3v) is 1.99. The smallest absolute Gasteiger partial charge is 0.356 e. The Bertz CT molecular complexity index is 427. The topological polar surface area (TPSA) is 84.9 Å². The van der Waals surface area contributed by atoms with Crippen LogP contribution in [0.4, 0.5) is 5.69 Å². The molecule has 0 aliphatic heterocycles. The summed E-state index contributed by atoms with van der Waals surface area (Å²) in [5.41, 5.74) is 6.59. The first-order chi connectivity index (χ1) is 7.60. The van der Waals surface area contributed by atoms with Crippen molar-refractivity contribution in [3.8, 4) is 5.75 Å². The quantitative estimate of drug-likeness (QED) is 0.345. The number of aromatic hydroxyl groups is 1. The Kier molecular flexibility index (Phi) is 3.88. The lowest BCUT2D eigenvalue weighted by atomic mass is 10.1. The zero-order valence-corrected chi connectivity index (χ0v) is 9.23. The predicted octanol–water partition coefficient (Wildman–Crippen LogP) is 0.956. The molecule has 0 aliphatic rings. The molecule has 86 valence electrons. The minimum absolute atomic E-state index is 0.0249. The SMILES string of the molecule is CCN=C(C(=O)OC)c1cc(O)ccc1N. The van der Waals surface area contributed by atoms with Crippen LogP contribution in [0.3, 0.4) is 0 Å². The summed E-state index contributed by atoms with van der Waals surface area (Å²) in [7, 11) is 1.27. The van der Waals surface area contributed by atoms with Crippen LogP contribution in [0.25, 0.3) is 0 Å². The van der Waals surface area contributed by atoms with Crippen molar-refractivity contribution in [1.82, 2.24) is 0 Å². The first kappa shape index (κ1) is 12.0. The van der Waals surface area contributed by atoms with E-state index in [1.54, 1.807) is 6.92 Å². The fourth-order valence-electron chi connectivity index (χ4n) is 1.26. The van der Waals surface area contributed by atoms with Gasteiger partial charge in [-0.2, -0.15) is 0 Å². The predicted molar refractivity (Wildman–Crippen MR) is 61.6 cm³/mol. The maximum atomic E-state index is 11.5. The van der Waals surface area contributed by atoms with Crippen LogP contribution in [0, 0.1) is 0 Å². The van der Waals surface area contributed by atoms with Gasteiger partial charge >= 0.3 is 5.97 Å². The summed E-state index contributed by atoms with van der Waals surface area (Å²) in [6.07, 6.45) is 0. The van der Waals surface area contributed by atoms with Crippen LogP contribution in [0.15, 0.2) is 23.2 Å². The standard InChI is InChI=1S/C11H14N2O3/c1-3-13-10(11(15)16-2)8-6-7(14)4-5-9(8)12/h4-6,14H,3,12H2,1-2H3. The molecule has 0 saturated carbocycles. The largest absolute Gasteiger partial charge is 0.508 e. The van der Waals surface area contributed by atoms with Gasteiger partial charge in [-0.25, -0.2) is 4.79 Å². The molecule has 1 aromatic rings. The Morgan fingerprint density at radius 3 is 2.81 bits per heavy atom. The van der Waals surface area contributed by atoms with E-state index in [2.05, 4.69) is 9.73 Å². The minimum Gasteiger partial charge on any atom is -0.508 e. The number of anilines is 1. The zero-order valence-electron chi connectivity index (χ0n) is 9.23. The first-order valence-electron chi connectivity index (χ1n) is 4.81. The molecule has 0 fully saturated rings. The van der Waals surface area contributed by atoms with Gasteiger partial charge in [0.2, 0.25) is 0 Å². The second-order valence-corrected chi connectivity index (χ2v) is 3.09. The first-order valence-corrected chi connectivity index (χ1v) is 4.81. The number of esters is 1. The maximum absolute atomic E-state index is 11.5. The lowest BCUT2D eigenvalue weighted by Gasteiger charge is -2.07. The van der Waals surface area contributed by atoms with Crippen molar-refractivity contribution in [2.75, 3.05) is 19.4 Å². The fraction of sp³-hybridized carbons (Fsp3) is 0.273. The molecule has 0 saturated heterocycles. The summed E-state index contributed by atoms with van der Waals surface area (Å²) in [4.78, 5) is 15.5. The number of nitrogens with two attached hydrogens (primary N) is 1. The number of rotatable bonds is 3. The summed E-state index contributed by atoms with van der Waals surface area (Å²) in [5, 5.41) is 9.35. The number of ether oxygens (including phenoxy) is 1. The highest BCUT2D eigenvalue weighted by molar-refractivity contribution is 6.44. The highest BCUT2D eigenvalue weighted by atomic mass is 16.5. The van der Waals surface area contributed by atoms with Gasteiger partial charge in [-0.05, 0) is 25.1 Å². The van der Waals surface area contributed by atoms with Crippen LogP contribution >= 0.6 is 0 Å². The molecule has 0 bridgehead atoms. The van der Waals surface area contributed by atoms with Crippen LogP contribution in [0.1, 0.15) is 12.5 Å². The molecule has 5 heteroatoms. The number of hydrogen-bond donors (Lipinski definition) is 2. The van der Waals surface area contributed by atoms with Gasteiger partial charge in [0, 0.05) is 17.8 Å². The molecule has 0 heterocycles. The van der Waals surface area contributed by atoms with Crippen molar-refractivity contribution in [3.05, 3.63) is 23.8 Å². The maximum Gasteiger partial charge on any atom is 0.356 e. The lowest BCUT2D eigenvalue weighted by molar-refractivity contribution is -0.132. The molecule has 16 heavy (non-hydrogen) atoms. The summed E-state index contributed by atoms with van der Waals surface area (Å²) < 4.78 is 4.61. The van der Waals surface area contributed by atoms with Gasteiger partial charge in [0.15, 0.2) is 5.71 Å². The molecule has 1 rings (SSSR count). The minimum atomic E-state index is -0.570. The summed E-state index contributed by atoms with van der Waals surface area (Å²) in [6.45, 7) is 2.22. The molecule has 0 amide bonds. The molecular formula is C11H14N2O3. The van der Waals surface area contributed by atoms with Crippen molar-refractivity contribution >= 4 is 17.4 Å². The Morgan fingerprint density at radius 1 is 1.56 bits per heavy atom. The van der Waals surface area contributed by atoms with E-state index in [0.29, 0.717) is 17.8 Å². The monoisotopic (exact) mass is 222 g/mol. The van der Waals surface area contributed by atoms with Crippen molar-refractivity contribution < 1.29 is 14.6 Å². The van der Waals surface area contributed by atoms with E-state index >= 15 is 0 Å². The molecule has 5 nitrogen and oxygen atoms in total. The number of carbonyl (C=O) groups is 1. The van der Waals surface area contributed by atoms with Crippen LogP contribution in [-0.2, 0) is 9.53 Å². The molecule has 3 N–H and O–H groups in total. The summed E-state index contributed by atoms with van der Waals surface area (Å²) in [6, 6.07) is 4.35. The van der Waals surface area contributed by atoms with Gasteiger partial charge < -0.3 is 15.6 Å². The number of phenolic OH excluding ortho intramolecular Hbond substituents is 1. The Hall–Kier alpha value is -2.04. The van der Waals surface area contributed by atoms with Crippen LogP contribution in [0.5, 0.6) is 5.75 Å². The van der Waals surface area contributed by atoms with Crippen LogP contribution in [0.2, 0.25) is 0 Å². The van der Waals surface area contributed by atoms with E-state index in [1.807, 2.05) is 0 Å². The average molecular weight is 222 g/mol. The van der Waals surface area contributed by atoms with E-state index in [-0.39, 0.29) is 11.5 Å². The molecule has 0 aromatic heterocycles. The Morgan fingerprint density at radius 2 is 2.25 bits per heavy atom. The Labute approximate surface area is 93.6 Å². The van der Waals surface area contributed by atoms with Gasteiger partial charge in [-0.15, -0.1) is 0 Å². The van der Waals surface area contributed by atoms with Crippen molar-refractivity contribution in [1.29, 1.82) is 0 Å². The molecular weight excluding hydrogens is 208 g/mol. The van der Waals surface area contributed by atoms with Crippen LogP contribution < -0.4 is 5.73 Å². The molecule has 0 atom stereocenters. The average Bonchev–Trinajstić information content (AvgIpc) is 2.28. The fourth-order valence-corrected chi connectivity index (χ4v) is 1.26. The number of benzene rings is 1. The van der Waals surface area contributed by atoms with E-state index < -0.39 is 5.97 Å². The molecule has 1 aromatic carbocycles. The van der Waals surface area contributed by atoms with Crippen molar-refractivity contribution in [3.63, 3.8) is 0 Å². The highest BCUT2D eigenvalue weighted by Gasteiger charge is 2.17. The molecule has 0 radical (unpaired) electrons. The summed E-state index contributed by atoms with van der Waals surface area (Å²) in [5.74, 6) is -0.545. The van der Waals surface area contributed by atoms with E-state index in [0.717, 1.165) is 0 Å². The Balaban J connectivity index is 3.26. The highest BCUT2D eigenvalue weighted by Crippen LogP contribution is 2.19. The van der Waals surface area contributed by atoms with E-state index in [4.69, 9.17) is 5.73 Å². The number of carbonyl (C=O) groups excluding carboxylic acids is 1. The summed E-state index contributed by atoms with van der Waals surface area (Å²) >= 11 is 0. The number of hydrogen-bond acceptors (Lipinski definition) is 5. The third kappa shape index (κ3) is 2.50. The van der Waals surface area contributed by atoms with Crippen molar-refractivity contribution in [2.45, 2.75) is 6.92 Å². The normalized spacial score (nSPS) is 11.2. The zero-order chi connectivity index (χ0) is 12.1. The number of nitrogens with zero attached hydrogens (tertiary/aromatic N) is 1. The molecule has 0 aliphatic carbocycles. The number of aliphatic imine (C=N–C) groups is 1. The van der Waals surface area contributed by atoms with Gasteiger partial charge in [0.1, 0.15) is 5.75 Å². The van der Waals surface area contributed by atoms with Crippen molar-refractivity contribution in [2.24, 2.45) is 4.99 Å². The van der Waals surface area contributed by atoms with Crippen LogP contribution in [-0.4, -0.2) is 30.4 Å². The second kappa shape index (κ2) is 5.16. The van der Waals surface area contributed by atoms with E-state index in [1.165, 1.54) is 25.3 Å². The molecule has 0 spiro atoms. The lowest BCUT2D eigenvalue weighted by Crippen LogP contribution is -2.19. The van der Waals surface area contributed by atoms with Gasteiger partial charge in [-0.1, -0.05) is 0 Å². The molecule has 0 unspecified atom stereocenters. The van der Waals surface area contributed by atoms with Gasteiger partial charge in [0.05, 0.1) is 7.11 Å². The van der Waals surface area contributed by atoms with Gasteiger partial charge in [-0.3, -0.25) is 4.99 Å². The second-order valence-electron chi connectivity index (χ2n) is 3.09. The number of phenols is 1. The third-order valence-electron chi connectivity index (χ3n) is 1.99.